The summed E-state index contributed by atoms with van der Waals surface area (Å²) >= 11 is 3.89. The first kappa shape index (κ1) is 11.4. The van der Waals surface area contributed by atoms with Crippen LogP contribution in [-0.4, -0.2) is 18.3 Å². The Labute approximate surface area is 96.1 Å². The molecule has 0 aliphatic rings. The number of ether oxygens (including phenoxy) is 1. The Morgan fingerprint density at radius 2 is 2.46 bits per heavy atom. The van der Waals surface area contributed by atoms with Gasteiger partial charge in [0.1, 0.15) is 6.10 Å². The Bertz CT molecular complexity index is 250. The van der Waals surface area contributed by atoms with Crippen molar-refractivity contribution in [3.8, 4) is 0 Å². The molecule has 0 spiro atoms. The highest BCUT2D eigenvalue weighted by molar-refractivity contribution is 14.1. The lowest BCUT2D eigenvalue weighted by Gasteiger charge is -2.08. The Hall–Kier alpha value is 0.350. The molecule has 0 radical (unpaired) electrons. The molecule has 13 heavy (non-hydrogen) atoms. The number of aliphatic hydroxyl groups excluding tert-OH is 1. The predicted molar refractivity (Wildman–Crippen MR) is 63.1 cm³/mol. The largest absolute Gasteiger partial charge is 0.386 e. The predicted octanol–water partition coefficient (Wildman–Crippen LogP) is 2.81. The van der Waals surface area contributed by atoms with Crippen LogP contribution in [0.3, 0.4) is 0 Å². The van der Waals surface area contributed by atoms with Crippen molar-refractivity contribution in [1.29, 1.82) is 0 Å². The van der Waals surface area contributed by atoms with Crippen molar-refractivity contribution in [3.05, 3.63) is 19.9 Å². The third kappa shape index (κ3) is 3.93. The van der Waals surface area contributed by atoms with Gasteiger partial charge in [0.25, 0.3) is 0 Å². The average molecular weight is 312 g/mol. The molecule has 1 aromatic heterocycles. The number of rotatable bonds is 5. The van der Waals surface area contributed by atoms with E-state index >= 15 is 0 Å². The highest BCUT2D eigenvalue weighted by Crippen LogP contribution is 2.22. The molecule has 1 N–H and O–H groups in total. The van der Waals surface area contributed by atoms with Crippen molar-refractivity contribution in [1.82, 2.24) is 0 Å². The van der Waals surface area contributed by atoms with E-state index in [0.29, 0.717) is 6.61 Å². The molecule has 1 unspecified atom stereocenters. The highest BCUT2D eigenvalue weighted by atomic mass is 127. The summed E-state index contributed by atoms with van der Waals surface area (Å²) < 4.78 is 6.46. The van der Waals surface area contributed by atoms with Crippen LogP contribution >= 0.6 is 33.9 Å². The third-order valence-corrected chi connectivity index (χ3v) is 3.40. The lowest BCUT2D eigenvalue weighted by molar-refractivity contribution is 0.0366. The summed E-state index contributed by atoms with van der Waals surface area (Å²) in [6.45, 7) is 3.18. The van der Waals surface area contributed by atoms with Crippen molar-refractivity contribution >= 4 is 33.9 Å². The minimum Gasteiger partial charge on any atom is -0.386 e. The summed E-state index contributed by atoms with van der Waals surface area (Å²) in [5.41, 5.74) is 0.963. The van der Waals surface area contributed by atoms with Gasteiger partial charge in [-0.15, -0.1) is 11.3 Å². The molecule has 0 aliphatic heterocycles. The minimum absolute atomic E-state index is 0.403. The van der Waals surface area contributed by atoms with Gasteiger partial charge in [0, 0.05) is 6.61 Å². The number of halogens is 1. The Balaban J connectivity index is 2.35. The Morgan fingerprint density at radius 1 is 1.69 bits per heavy atom. The van der Waals surface area contributed by atoms with Crippen LogP contribution in [0, 0.1) is 2.88 Å². The fraction of sp³-hybridized carbons (Fsp3) is 0.556. The molecule has 74 valence electrons. The lowest BCUT2D eigenvalue weighted by Crippen LogP contribution is -2.06. The van der Waals surface area contributed by atoms with E-state index in [2.05, 4.69) is 29.5 Å². The van der Waals surface area contributed by atoms with Gasteiger partial charge in [-0.05, 0) is 46.0 Å². The first-order chi connectivity index (χ1) is 6.24. The lowest BCUT2D eigenvalue weighted by atomic mass is 10.2. The smallest absolute Gasteiger partial charge is 0.103 e. The maximum Gasteiger partial charge on any atom is 0.103 e. The molecule has 1 heterocycles. The Morgan fingerprint density at radius 3 is 3.00 bits per heavy atom. The first-order valence-corrected chi connectivity index (χ1v) is 6.19. The van der Waals surface area contributed by atoms with Crippen molar-refractivity contribution in [2.45, 2.75) is 19.4 Å². The van der Waals surface area contributed by atoms with Gasteiger partial charge in [0.15, 0.2) is 0 Å². The van der Waals surface area contributed by atoms with E-state index < -0.39 is 6.10 Å². The minimum atomic E-state index is -0.466. The zero-order valence-electron chi connectivity index (χ0n) is 7.50. The van der Waals surface area contributed by atoms with Crippen molar-refractivity contribution in [2.24, 2.45) is 0 Å². The summed E-state index contributed by atoms with van der Waals surface area (Å²) in [7, 11) is 0. The third-order valence-electron chi connectivity index (χ3n) is 1.60. The zero-order valence-corrected chi connectivity index (χ0v) is 10.5. The maximum atomic E-state index is 9.64. The molecule has 0 fully saturated rings. The van der Waals surface area contributed by atoms with Gasteiger partial charge in [-0.3, -0.25) is 0 Å². The number of aliphatic hydroxyl groups is 1. The maximum absolute atomic E-state index is 9.64. The van der Waals surface area contributed by atoms with Crippen LogP contribution in [0.2, 0.25) is 0 Å². The molecule has 0 saturated heterocycles. The molecule has 0 aliphatic carbocycles. The molecular weight excluding hydrogens is 299 g/mol. The van der Waals surface area contributed by atoms with Crippen LogP contribution in [0.4, 0.5) is 0 Å². The second-order valence-corrected chi connectivity index (χ2v) is 5.58. The van der Waals surface area contributed by atoms with Gasteiger partial charge < -0.3 is 9.84 Å². The topological polar surface area (TPSA) is 29.5 Å². The van der Waals surface area contributed by atoms with E-state index in [1.165, 1.54) is 2.88 Å². The zero-order chi connectivity index (χ0) is 9.68. The molecule has 0 saturated carbocycles. The van der Waals surface area contributed by atoms with Crippen molar-refractivity contribution in [2.75, 3.05) is 13.2 Å². The fourth-order valence-corrected chi connectivity index (χ4v) is 2.35. The average Bonchev–Trinajstić information content (AvgIpc) is 2.52. The van der Waals surface area contributed by atoms with Crippen LogP contribution in [0.25, 0.3) is 0 Å². The van der Waals surface area contributed by atoms with Gasteiger partial charge in [-0.1, -0.05) is 6.92 Å². The molecule has 2 nitrogen and oxygen atoms in total. The summed E-state index contributed by atoms with van der Waals surface area (Å²) in [6, 6.07) is 1.99. The molecule has 1 atom stereocenters. The number of hydrogen-bond acceptors (Lipinski definition) is 3. The first-order valence-electron chi connectivity index (χ1n) is 4.23. The highest BCUT2D eigenvalue weighted by Gasteiger charge is 2.08. The molecule has 1 aromatic rings. The van der Waals surface area contributed by atoms with Gasteiger partial charge in [-0.25, -0.2) is 0 Å². The van der Waals surface area contributed by atoms with Crippen LogP contribution < -0.4 is 0 Å². The van der Waals surface area contributed by atoms with Gasteiger partial charge in [0.2, 0.25) is 0 Å². The van der Waals surface area contributed by atoms with E-state index in [1.807, 2.05) is 11.4 Å². The summed E-state index contributed by atoms with van der Waals surface area (Å²) in [5, 5.41) is 11.6. The second-order valence-electron chi connectivity index (χ2n) is 2.77. The molecule has 1 rings (SSSR count). The number of thiophene rings is 1. The summed E-state index contributed by atoms with van der Waals surface area (Å²) in [4.78, 5) is 0. The van der Waals surface area contributed by atoms with Gasteiger partial charge >= 0.3 is 0 Å². The molecule has 0 bridgehead atoms. The SMILES string of the molecule is CCCOCC(O)c1csc(I)c1. The van der Waals surface area contributed by atoms with Crippen molar-refractivity contribution in [3.63, 3.8) is 0 Å². The quantitative estimate of drug-likeness (QED) is 0.669. The van der Waals surface area contributed by atoms with Crippen LogP contribution in [0.1, 0.15) is 25.0 Å². The van der Waals surface area contributed by atoms with Gasteiger partial charge in [-0.2, -0.15) is 0 Å². The van der Waals surface area contributed by atoms with E-state index in [9.17, 15) is 5.11 Å². The van der Waals surface area contributed by atoms with E-state index in [1.54, 1.807) is 11.3 Å². The standard InChI is InChI=1S/C9H13IO2S/c1-2-3-12-5-8(11)7-4-9(10)13-6-7/h4,6,8,11H,2-3,5H2,1H3. The summed E-state index contributed by atoms with van der Waals surface area (Å²) in [5.74, 6) is 0. The molecular formula is C9H13IO2S. The van der Waals surface area contributed by atoms with E-state index in [4.69, 9.17) is 4.74 Å². The molecule has 0 amide bonds. The van der Waals surface area contributed by atoms with E-state index in [-0.39, 0.29) is 0 Å². The van der Waals surface area contributed by atoms with Crippen LogP contribution in [0.5, 0.6) is 0 Å². The molecule has 0 aromatic carbocycles. The second kappa shape index (κ2) is 5.95. The normalized spacial score (nSPS) is 13.2. The fourth-order valence-electron chi connectivity index (χ4n) is 0.934. The molecule has 4 heteroatoms. The monoisotopic (exact) mass is 312 g/mol. The summed E-state index contributed by atoms with van der Waals surface area (Å²) in [6.07, 6.45) is 0.528. The van der Waals surface area contributed by atoms with Gasteiger partial charge in [0.05, 0.1) is 9.49 Å². The Kier molecular flexibility index (Phi) is 5.23. The van der Waals surface area contributed by atoms with Crippen molar-refractivity contribution < 1.29 is 9.84 Å². The number of hydrogen-bond donors (Lipinski definition) is 1. The van der Waals surface area contributed by atoms with Crippen LogP contribution in [0.15, 0.2) is 11.4 Å². The van der Waals surface area contributed by atoms with Crippen LogP contribution in [-0.2, 0) is 4.74 Å². The van der Waals surface area contributed by atoms with E-state index in [0.717, 1.165) is 18.6 Å².